The molecule has 2 aromatic carbocycles. The van der Waals surface area contributed by atoms with Gasteiger partial charge in [-0.05, 0) is 91.4 Å². The highest BCUT2D eigenvalue weighted by Gasteiger charge is 2.35. The first kappa shape index (κ1) is 66.5. The lowest BCUT2D eigenvalue weighted by atomic mass is 9.81. The molecule has 3 aromatic rings. The number of fused-ring (bicyclic) bond motifs is 2. The number of allylic oxidation sites excluding steroid dienone is 1. The number of halogens is 1. The number of anilines is 1. The molecule has 1 unspecified atom stereocenters. The summed E-state index contributed by atoms with van der Waals surface area (Å²) in [7, 11) is 0. The van der Waals surface area contributed by atoms with Gasteiger partial charge in [0.25, 0.3) is 5.91 Å². The molecule has 25 nitrogen and oxygen atoms in total. The Labute approximate surface area is 482 Å². The number of benzene rings is 2. The molecule has 0 saturated carbocycles. The number of rotatable bonds is 38. The number of hydrogen-bond acceptors (Lipinski definition) is 17. The fraction of sp³-hybridized carbons (Fsp3) is 0.579. The highest BCUT2D eigenvalue weighted by atomic mass is 19.1. The number of Topliss-reactive ketones (excluding diaryl/α,β-unsaturated/α-hetero) is 1. The predicted octanol–water partition coefficient (Wildman–Crippen LogP) is 4.90. The number of ketones is 1. The van der Waals surface area contributed by atoms with Crippen molar-refractivity contribution in [1.82, 2.24) is 31.6 Å². The van der Waals surface area contributed by atoms with Crippen LogP contribution in [-0.2, 0) is 70.1 Å². The number of aryl methyl sites for hydroxylation is 1. The molecule has 0 spiro atoms. The number of urea groups is 1. The van der Waals surface area contributed by atoms with Gasteiger partial charge in [0, 0.05) is 71.6 Å². The molecule has 6 amide bonds. The first-order valence-electron chi connectivity index (χ1n) is 27.9. The number of ether oxygens (including phenoxy) is 7. The molecule has 0 radical (unpaired) electrons. The molecule has 26 heteroatoms. The summed E-state index contributed by atoms with van der Waals surface area (Å²) in [4.78, 5) is 98.6. The van der Waals surface area contributed by atoms with Crippen molar-refractivity contribution in [2.45, 2.75) is 105 Å². The number of pyridine rings is 1. The molecule has 2 aliphatic rings. The van der Waals surface area contributed by atoms with Crippen LogP contribution >= 0.6 is 0 Å². The summed E-state index contributed by atoms with van der Waals surface area (Å²) in [6.07, 6.45) is 3.60. The van der Waals surface area contributed by atoms with E-state index in [4.69, 9.17) is 49.4 Å². The van der Waals surface area contributed by atoms with Gasteiger partial charge in [-0.25, -0.2) is 14.2 Å². The molecule has 83 heavy (non-hydrogen) atoms. The van der Waals surface area contributed by atoms with Crippen molar-refractivity contribution >= 4 is 63.7 Å². The van der Waals surface area contributed by atoms with Crippen molar-refractivity contribution in [2.24, 2.45) is 22.2 Å². The monoisotopic (exact) mass is 1160 g/mol. The zero-order valence-corrected chi connectivity index (χ0v) is 48.3. The third-order valence-corrected chi connectivity index (χ3v) is 13.5. The third-order valence-electron chi connectivity index (χ3n) is 13.5. The number of nitrogens with two attached hydrogens (primary N) is 1. The van der Waals surface area contributed by atoms with Crippen LogP contribution in [0.4, 0.5) is 14.9 Å². The Kier molecular flexibility index (Phi) is 27.5. The molecule has 0 bridgehead atoms. The lowest BCUT2D eigenvalue weighted by Gasteiger charge is -2.29. The summed E-state index contributed by atoms with van der Waals surface area (Å²) in [5.41, 5.74) is 18.0. The Morgan fingerprint density at radius 1 is 0.880 bits per heavy atom. The maximum atomic E-state index is 15.3. The summed E-state index contributed by atoms with van der Waals surface area (Å²) in [6, 6.07) is 3.55. The third kappa shape index (κ3) is 21.7. The number of hydrogen-bond donors (Lipinski definition) is 7. The molecule has 1 aliphatic carbocycles. The van der Waals surface area contributed by atoms with Gasteiger partial charge < -0.3 is 70.8 Å². The van der Waals surface area contributed by atoms with Crippen LogP contribution in [0, 0.1) is 24.1 Å². The van der Waals surface area contributed by atoms with E-state index in [1.54, 1.807) is 20.8 Å². The van der Waals surface area contributed by atoms with Crippen molar-refractivity contribution in [1.29, 1.82) is 0 Å². The standard InChI is InChI=1S/C57H80FN11O14/c1-35(2)50(68-47(71)16-20-77-22-24-79-26-28-81-30-31-82-29-27-80-25-23-78-21-19-63-69-60)54(74)67-45(8-7-18-61-56(59)76)53(73)64-39-11-9-38(10-12-39)52(72)55(75)66-43-14-13-40-36(3)42(58)32-46-48(40)49(43)41-33-62-44(51(41)65-46)15-17-57(5,6)34-83-37(4)70/h9-12,15,32,35,43,45,50,62H,7-8,13-14,16-31,33-34H2,1-6H3,(H,64,73)(H,66,75)(H,67,74)(H,68,71)(H3,59,61,76)/b44-15-/t43-,45?,50-/m0/s1. The summed E-state index contributed by atoms with van der Waals surface area (Å²) in [5.74, 6) is -4.54. The summed E-state index contributed by atoms with van der Waals surface area (Å²) < 4.78 is 53.2. The Morgan fingerprint density at radius 3 is 2.08 bits per heavy atom. The van der Waals surface area contributed by atoms with E-state index < -0.39 is 64.8 Å². The number of esters is 1. The van der Waals surface area contributed by atoms with Crippen molar-refractivity contribution in [2.75, 3.05) is 104 Å². The molecule has 454 valence electrons. The maximum absolute atomic E-state index is 15.3. The number of nitrogens with zero attached hydrogens (tertiary/aromatic N) is 4. The Morgan fingerprint density at radius 2 is 1.49 bits per heavy atom. The van der Waals surface area contributed by atoms with Gasteiger partial charge in [0.1, 0.15) is 17.9 Å². The van der Waals surface area contributed by atoms with Gasteiger partial charge in [-0.15, -0.1) is 0 Å². The fourth-order valence-electron chi connectivity index (χ4n) is 9.12. The minimum atomic E-state index is -1.14. The van der Waals surface area contributed by atoms with E-state index in [0.717, 1.165) is 27.8 Å². The molecule has 5 rings (SSSR count). The second-order valence-corrected chi connectivity index (χ2v) is 21.0. The molecule has 3 atom stereocenters. The van der Waals surface area contributed by atoms with Crippen LogP contribution in [0.1, 0.15) is 111 Å². The van der Waals surface area contributed by atoms with Crippen LogP contribution in [0.3, 0.4) is 0 Å². The van der Waals surface area contributed by atoms with Crippen LogP contribution in [0.25, 0.3) is 27.0 Å². The van der Waals surface area contributed by atoms with E-state index in [1.165, 1.54) is 37.3 Å². The zero-order valence-electron chi connectivity index (χ0n) is 48.3. The fourth-order valence-corrected chi connectivity index (χ4v) is 9.12. The van der Waals surface area contributed by atoms with Crippen molar-refractivity contribution in [3.63, 3.8) is 0 Å². The number of aromatic nitrogens is 1. The van der Waals surface area contributed by atoms with Crippen molar-refractivity contribution in [3.8, 4) is 0 Å². The lowest BCUT2D eigenvalue weighted by Crippen LogP contribution is -2.54. The van der Waals surface area contributed by atoms with Gasteiger partial charge in [0.05, 0.1) is 109 Å². The number of amides is 6. The highest BCUT2D eigenvalue weighted by Crippen LogP contribution is 2.43. The van der Waals surface area contributed by atoms with Crippen LogP contribution in [0.5, 0.6) is 0 Å². The minimum absolute atomic E-state index is 0.0414. The second kappa shape index (κ2) is 34.3. The first-order valence-corrected chi connectivity index (χ1v) is 27.9. The number of carbonyl (C=O) groups is 7. The normalized spacial score (nSPS) is 14.7. The average molecular weight is 1160 g/mol. The topological polar surface area (TPSA) is 344 Å². The summed E-state index contributed by atoms with van der Waals surface area (Å²) in [5, 5.41) is 21.2. The number of nitrogens with one attached hydrogen (secondary N) is 6. The summed E-state index contributed by atoms with van der Waals surface area (Å²) in [6.45, 7) is 15.5. The zero-order chi connectivity index (χ0) is 60.3. The van der Waals surface area contributed by atoms with E-state index in [0.29, 0.717) is 102 Å². The Bertz CT molecular complexity index is 2790. The predicted molar refractivity (Wildman–Crippen MR) is 304 cm³/mol. The molecule has 2 heterocycles. The van der Waals surface area contributed by atoms with Crippen molar-refractivity contribution in [3.05, 3.63) is 86.2 Å². The number of azide groups is 1. The number of carbonyl (C=O) groups excluding carboxylic acids is 7. The molecular weight excluding hydrogens is 1080 g/mol. The van der Waals surface area contributed by atoms with E-state index in [1.807, 2.05) is 19.9 Å². The van der Waals surface area contributed by atoms with Gasteiger partial charge >= 0.3 is 12.0 Å². The molecule has 1 aromatic heterocycles. The van der Waals surface area contributed by atoms with Gasteiger partial charge in [-0.2, -0.15) is 0 Å². The average Bonchev–Trinajstić information content (AvgIpc) is 2.17. The minimum Gasteiger partial charge on any atom is -0.465 e. The Balaban J connectivity index is 1.09. The molecule has 8 N–H and O–H groups in total. The largest absolute Gasteiger partial charge is 0.465 e. The maximum Gasteiger partial charge on any atom is 0.312 e. The van der Waals surface area contributed by atoms with E-state index in [2.05, 4.69) is 41.9 Å². The quantitative estimate of drug-likeness (QED) is 0.00763. The first-order chi connectivity index (χ1) is 39.8. The molecule has 0 saturated heterocycles. The van der Waals surface area contributed by atoms with Gasteiger partial charge in [0.15, 0.2) is 0 Å². The SMILES string of the molecule is CC(=O)OCC(C)(C)C/C=C1\NCc2c1nc1cc(F)c(C)c3c1c2[C@@H](NC(=O)C(=O)c1ccc(NC(=O)C(CCCNC(N)=O)NC(=O)[C@@H](NC(=O)CCOCCOCCOCCOCCOCCOCCN=[N+]=[N-])C(C)C)cc1)CC3. The molecule has 1 aliphatic heterocycles. The Hall–Kier alpha value is -7.32. The van der Waals surface area contributed by atoms with Crippen LogP contribution in [0.15, 0.2) is 41.5 Å². The molecule has 0 fully saturated rings. The van der Waals surface area contributed by atoms with E-state index >= 15 is 4.39 Å². The summed E-state index contributed by atoms with van der Waals surface area (Å²) >= 11 is 0. The number of primary amides is 1. The van der Waals surface area contributed by atoms with Crippen LogP contribution in [-0.4, -0.2) is 157 Å². The molecular formula is C57H80FN11O14. The van der Waals surface area contributed by atoms with E-state index in [-0.39, 0.29) is 81.9 Å². The lowest BCUT2D eigenvalue weighted by molar-refractivity contribution is -0.144. The highest BCUT2D eigenvalue weighted by molar-refractivity contribution is 6.43. The smallest absolute Gasteiger partial charge is 0.312 e. The van der Waals surface area contributed by atoms with E-state index in [9.17, 15) is 33.6 Å². The van der Waals surface area contributed by atoms with Gasteiger partial charge in [0.2, 0.25) is 23.5 Å². The second-order valence-electron chi connectivity index (χ2n) is 21.0. The van der Waals surface area contributed by atoms with Gasteiger partial charge in [-0.3, -0.25) is 28.8 Å². The van der Waals surface area contributed by atoms with Crippen LogP contribution in [0.2, 0.25) is 0 Å². The van der Waals surface area contributed by atoms with Crippen LogP contribution < -0.4 is 37.6 Å². The van der Waals surface area contributed by atoms with Gasteiger partial charge in [-0.1, -0.05) is 38.9 Å². The van der Waals surface area contributed by atoms with Crippen molar-refractivity contribution < 1.29 is 71.1 Å².